The molecule has 11 aromatic carbocycles. The lowest BCUT2D eigenvalue weighted by Gasteiger charge is -2.32. The first-order valence-electron chi connectivity index (χ1n) is 22.5. The Kier molecular flexibility index (Phi) is 7.84. The lowest BCUT2D eigenvalue weighted by molar-refractivity contribution is 0.794. The molecule has 14 rings (SSSR count). The molecule has 0 unspecified atom stereocenters. The van der Waals surface area contributed by atoms with Crippen molar-refractivity contribution in [1.82, 2.24) is 0 Å². The third kappa shape index (κ3) is 5.32. The van der Waals surface area contributed by atoms with E-state index in [1.54, 1.807) is 0 Å². The molecule has 1 heterocycles. The summed E-state index contributed by atoms with van der Waals surface area (Å²) in [6.07, 6.45) is 0. The molecule has 0 atom stereocenters. The van der Waals surface area contributed by atoms with Crippen LogP contribution in [0.1, 0.15) is 22.3 Å². The van der Waals surface area contributed by atoms with Crippen molar-refractivity contribution in [2.45, 2.75) is 5.41 Å². The molecule has 0 N–H and O–H groups in total. The zero-order chi connectivity index (χ0) is 42.6. The number of benzene rings is 11. The maximum Gasteiger partial charge on any atom is 0.0726 e. The van der Waals surface area contributed by atoms with Crippen LogP contribution < -0.4 is 4.90 Å². The Morgan fingerprint density at radius 3 is 1.54 bits per heavy atom. The van der Waals surface area contributed by atoms with Crippen LogP contribution in [-0.4, -0.2) is 0 Å². The Morgan fingerprint density at radius 1 is 0.308 bits per heavy atom. The number of rotatable bonds is 5. The van der Waals surface area contributed by atoms with E-state index in [0.717, 1.165) is 11.4 Å². The van der Waals surface area contributed by atoms with Crippen LogP contribution in [0, 0.1) is 0 Å². The van der Waals surface area contributed by atoms with Gasteiger partial charge in [-0.1, -0.05) is 176 Å². The molecule has 2 aliphatic rings. The van der Waals surface area contributed by atoms with Crippen molar-refractivity contribution in [1.29, 1.82) is 0 Å². The van der Waals surface area contributed by atoms with Gasteiger partial charge >= 0.3 is 0 Å². The van der Waals surface area contributed by atoms with Crippen molar-refractivity contribution in [2.24, 2.45) is 0 Å². The van der Waals surface area contributed by atoms with Crippen LogP contribution in [0.5, 0.6) is 0 Å². The second-order valence-electron chi connectivity index (χ2n) is 17.6. The van der Waals surface area contributed by atoms with Crippen molar-refractivity contribution in [3.8, 4) is 44.5 Å². The molecule has 0 aliphatic heterocycles. The standard InChI is InChI=1S/C63H39NS/c1-2-13-43-36-45(28-24-40(43)12-1)46-29-26-42-25-27-44(37-47(42)38-46)41-30-32-48(33-31-41)64(49-34-35-61-54(39-49)52-16-6-10-23-60(52)65-61)59-22-11-21-58-62(59)53-17-5-9-20-57(53)63(58)55-18-7-3-14-50(55)51-15-4-8-19-56(51)63/h1-39H. The summed E-state index contributed by atoms with van der Waals surface area (Å²) >= 11 is 1.87. The van der Waals surface area contributed by atoms with Crippen LogP contribution >= 0.6 is 11.3 Å². The average Bonchev–Trinajstić information content (AvgIpc) is 4.00. The third-order valence-electron chi connectivity index (χ3n) is 14.2. The summed E-state index contributed by atoms with van der Waals surface area (Å²) in [5.41, 5.74) is 18.4. The van der Waals surface area contributed by atoms with Crippen LogP contribution in [0.2, 0.25) is 0 Å². The zero-order valence-corrected chi connectivity index (χ0v) is 36.2. The van der Waals surface area contributed by atoms with Crippen molar-refractivity contribution in [2.75, 3.05) is 4.90 Å². The first kappa shape index (κ1) is 36.4. The molecule has 65 heavy (non-hydrogen) atoms. The van der Waals surface area contributed by atoms with Gasteiger partial charge in [0.25, 0.3) is 0 Å². The van der Waals surface area contributed by atoms with Crippen molar-refractivity contribution < 1.29 is 0 Å². The minimum atomic E-state index is -0.428. The molecule has 2 heteroatoms. The normalized spacial score (nSPS) is 13.0. The van der Waals surface area contributed by atoms with Gasteiger partial charge in [0, 0.05) is 37.1 Å². The highest BCUT2D eigenvalue weighted by Crippen LogP contribution is 2.64. The molecular weight excluding hydrogens is 803 g/mol. The monoisotopic (exact) mass is 841 g/mol. The maximum absolute atomic E-state index is 2.51. The maximum atomic E-state index is 2.51. The van der Waals surface area contributed by atoms with Crippen LogP contribution in [0.4, 0.5) is 17.1 Å². The molecule has 0 saturated carbocycles. The summed E-state index contributed by atoms with van der Waals surface area (Å²) in [6.45, 7) is 0. The summed E-state index contributed by atoms with van der Waals surface area (Å²) in [5, 5.41) is 7.57. The van der Waals surface area contributed by atoms with E-state index in [1.807, 2.05) is 11.3 Å². The summed E-state index contributed by atoms with van der Waals surface area (Å²) in [6, 6.07) is 88.4. The van der Waals surface area contributed by atoms with E-state index in [0.29, 0.717) is 0 Å². The van der Waals surface area contributed by atoms with Gasteiger partial charge in [-0.15, -0.1) is 11.3 Å². The Balaban J connectivity index is 0.942. The topological polar surface area (TPSA) is 3.24 Å². The fourth-order valence-corrected chi connectivity index (χ4v) is 12.5. The molecule has 1 aromatic heterocycles. The zero-order valence-electron chi connectivity index (χ0n) is 35.4. The Bertz CT molecular complexity index is 3860. The Morgan fingerprint density at radius 2 is 0.815 bits per heavy atom. The Hall–Kier alpha value is -8.04. The van der Waals surface area contributed by atoms with Gasteiger partial charge in [-0.05, 0) is 143 Å². The van der Waals surface area contributed by atoms with Crippen molar-refractivity contribution in [3.63, 3.8) is 0 Å². The first-order valence-corrected chi connectivity index (χ1v) is 23.3. The molecule has 2 aliphatic carbocycles. The van der Waals surface area contributed by atoms with Gasteiger partial charge < -0.3 is 4.90 Å². The molecule has 302 valence electrons. The molecule has 1 nitrogen and oxygen atoms in total. The minimum absolute atomic E-state index is 0.428. The van der Waals surface area contributed by atoms with E-state index >= 15 is 0 Å². The minimum Gasteiger partial charge on any atom is -0.310 e. The predicted octanol–water partition coefficient (Wildman–Crippen LogP) is 17.5. The van der Waals surface area contributed by atoms with Gasteiger partial charge in [-0.25, -0.2) is 0 Å². The predicted molar refractivity (Wildman–Crippen MR) is 276 cm³/mol. The largest absolute Gasteiger partial charge is 0.310 e. The fourth-order valence-electron chi connectivity index (χ4n) is 11.4. The summed E-state index contributed by atoms with van der Waals surface area (Å²) in [4.78, 5) is 2.51. The van der Waals surface area contributed by atoms with Crippen molar-refractivity contribution >= 4 is 70.1 Å². The number of hydrogen-bond acceptors (Lipinski definition) is 2. The summed E-state index contributed by atoms with van der Waals surface area (Å²) in [5.74, 6) is 0. The highest BCUT2D eigenvalue weighted by molar-refractivity contribution is 7.25. The molecule has 0 saturated heterocycles. The van der Waals surface area contributed by atoms with E-state index in [4.69, 9.17) is 0 Å². The summed E-state index contributed by atoms with van der Waals surface area (Å²) in [7, 11) is 0. The van der Waals surface area contributed by atoms with Gasteiger partial charge in [0.1, 0.15) is 0 Å². The van der Waals surface area contributed by atoms with Crippen LogP contribution in [0.3, 0.4) is 0 Å². The SMILES string of the molecule is c1ccc2c(c1)-c1ccccc1C21c2ccccc2-c2c(N(c3ccc(-c4ccc5ccc(-c6ccc7ccccc7c6)cc5c4)cc3)c3ccc4sc5ccccc5c4c3)cccc21. The van der Waals surface area contributed by atoms with Gasteiger partial charge in [-0.2, -0.15) is 0 Å². The highest BCUT2D eigenvalue weighted by Gasteiger charge is 2.52. The van der Waals surface area contributed by atoms with E-state index in [2.05, 4.69) is 241 Å². The number of hydrogen-bond donors (Lipinski definition) is 0. The molecule has 1 spiro atoms. The quantitative estimate of drug-likeness (QED) is 0.167. The molecule has 12 aromatic rings. The van der Waals surface area contributed by atoms with Gasteiger partial charge in [0.05, 0.1) is 11.1 Å². The van der Waals surface area contributed by atoms with E-state index in [9.17, 15) is 0 Å². The fraction of sp³-hybridized carbons (Fsp3) is 0.0159. The van der Waals surface area contributed by atoms with Gasteiger partial charge in [0.2, 0.25) is 0 Å². The second-order valence-corrected chi connectivity index (χ2v) is 18.7. The number of nitrogens with zero attached hydrogens (tertiary/aromatic N) is 1. The number of anilines is 3. The van der Waals surface area contributed by atoms with Crippen molar-refractivity contribution in [3.05, 3.63) is 259 Å². The molecule has 0 amide bonds. The average molecular weight is 842 g/mol. The first-order chi connectivity index (χ1) is 32.2. The van der Waals surface area contributed by atoms with Gasteiger partial charge in [-0.3, -0.25) is 0 Å². The summed E-state index contributed by atoms with van der Waals surface area (Å²) < 4.78 is 2.61. The molecule has 0 bridgehead atoms. The van der Waals surface area contributed by atoms with E-state index in [-0.39, 0.29) is 0 Å². The second kappa shape index (κ2) is 14.0. The molecular formula is C63H39NS. The number of thiophene rings is 1. The van der Waals surface area contributed by atoms with Gasteiger partial charge in [0.15, 0.2) is 0 Å². The molecule has 0 radical (unpaired) electrons. The lowest BCUT2D eigenvalue weighted by Crippen LogP contribution is -2.26. The Labute approximate surface area is 381 Å². The van der Waals surface area contributed by atoms with Crippen LogP contribution in [0.25, 0.3) is 86.2 Å². The third-order valence-corrected chi connectivity index (χ3v) is 15.4. The molecule has 0 fully saturated rings. The lowest BCUT2D eigenvalue weighted by atomic mass is 9.70. The van der Waals surface area contributed by atoms with Crippen LogP contribution in [-0.2, 0) is 5.41 Å². The van der Waals surface area contributed by atoms with E-state index < -0.39 is 5.41 Å². The van der Waals surface area contributed by atoms with Crippen LogP contribution in [0.15, 0.2) is 237 Å². The number of fused-ring (bicyclic) bond motifs is 15. The van der Waals surface area contributed by atoms with E-state index in [1.165, 1.54) is 114 Å². The smallest absolute Gasteiger partial charge is 0.0726 e. The highest BCUT2D eigenvalue weighted by atomic mass is 32.1.